The fourth-order valence-electron chi connectivity index (χ4n) is 1.37. The van der Waals surface area contributed by atoms with Gasteiger partial charge in [-0.05, 0) is 34.1 Å². The molecule has 0 fully saturated rings. The quantitative estimate of drug-likeness (QED) is 0.757. The average molecular weight is 377 g/mol. The molecule has 0 bridgehead atoms. The van der Waals surface area contributed by atoms with Crippen molar-refractivity contribution >= 4 is 61.7 Å². The van der Waals surface area contributed by atoms with Crippen LogP contribution >= 0.6 is 38.9 Å². The number of carboxylic acid groups (broad SMARTS) is 1. The Bertz CT molecular complexity index is 677. The Morgan fingerprint density at radius 1 is 1.35 bits per heavy atom. The normalized spacial score (nSPS) is 10.1. The number of carbonyl (C=O) groups is 2. The molecule has 0 spiro atoms. The highest BCUT2D eigenvalue weighted by Crippen LogP contribution is 2.24. The monoisotopic (exact) mass is 375 g/mol. The van der Waals surface area contributed by atoms with Crippen LogP contribution in [0.25, 0.3) is 0 Å². The van der Waals surface area contributed by atoms with Crippen molar-refractivity contribution in [2.24, 2.45) is 0 Å². The van der Waals surface area contributed by atoms with Crippen molar-refractivity contribution < 1.29 is 14.7 Å². The average Bonchev–Trinajstić information content (AvgIpc) is 2.76. The number of aromatic nitrogens is 1. The molecule has 0 aliphatic carbocycles. The summed E-state index contributed by atoms with van der Waals surface area (Å²) in [5.74, 6) is -1.18. The smallest absolute Gasteiger partial charge is 0.337 e. The summed E-state index contributed by atoms with van der Waals surface area (Å²) in [5.41, 5.74) is 0.0583. The van der Waals surface area contributed by atoms with Gasteiger partial charge in [0, 0.05) is 5.02 Å². The molecule has 1 aromatic heterocycles. The molecule has 2 rings (SSSR count). The van der Waals surface area contributed by atoms with Gasteiger partial charge in [-0.2, -0.15) is 0 Å². The van der Waals surface area contributed by atoms with Crippen LogP contribution in [-0.4, -0.2) is 22.1 Å². The van der Waals surface area contributed by atoms with E-state index in [1.807, 2.05) is 0 Å². The number of thiazole rings is 1. The van der Waals surface area contributed by atoms with E-state index in [2.05, 4.69) is 31.5 Å². The predicted octanol–water partition coefficient (Wildman–Crippen LogP) is 3.90. The molecule has 3 N–H and O–H groups in total. The highest BCUT2D eigenvalue weighted by atomic mass is 79.9. The Morgan fingerprint density at radius 2 is 2.10 bits per heavy atom. The molecule has 2 aromatic rings. The molecule has 20 heavy (non-hydrogen) atoms. The Morgan fingerprint density at radius 3 is 2.70 bits per heavy atom. The lowest BCUT2D eigenvalue weighted by molar-refractivity contribution is 0.0698. The van der Waals surface area contributed by atoms with Crippen LogP contribution in [0, 0.1) is 0 Å². The fourth-order valence-corrected chi connectivity index (χ4v) is 2.64. The Balaban J connectivity index is 2.13. The van der Waals surface area contributed by atoms with Crippen LogP contribution in [0.3, 0.4) is 0 Å². The van der Waals surface area contributed by atoms with E-state index >= 15 is 0 Å². The maximum atomic E-state index is 11.8. The summed E-state index contributed by atoms with van der Waals surface area (Å²) in [6.45, 7) is 0. The standard InChI is InChI=1S/C11H7BrClN3O3S/c12-8-4-14-11(20-8)16-10(19)15-7-2-1-5(13)3-6(7)9(17)18/h1-4H,(H,17,18)(H2,14,15,16,19). The van der Waals surface area contributed by atoms with Crippen molar-refractivity contribution in [3.63, 3.8) is 0 Å². The topological polar surface area (TPSA) is 91.3 Å². The molecular weight excluding hydrogens is 370 g/mol. The third-order valence-corrected chi connectivity index (χ3v) is 3.78. The largest absolute Gasteiger partial charge is 0.478 e. The van der Waals surface area contributed by atoms with Crippen molar-refractivity contribution in [3.8, 4) is 0 Å². The first-order valence-corrected chi connectivity index (χ1v) is 7.16. The van der Waals surface area contributed by atoms with Gasteiger partial charge in [0.25, 0.3) is 0 Å². The van der Waals surface area contributed by atoms with Crippen LogP contribution in [0.1, 0.15) is 10.4 Å². The predicted molar refractivity (Wildman–Crippen MR) is 80.9 cm³/mol. The first-order valence-electron chi connectivity index (χ1n) is 5.18. The minimum Gasteiger partial charge on any atom is -0.478 e. The van der Waals surface area contributed by atoms with E-state index in [0.29, 0.717) is 5.13 Å². The highest BCUT2D eigenvalue weighted by molar-refractivity contribution is 9.11. The molecule has 1 aromatic carbocycles. The number of urea groups is 1. The minimum absolute atomic E-state index is 0.0898. The number of nitrogens with one attached hydrogen (secondary N) is 2. The number of aromatic carboxylic acids is 1. The van der Waals surface area contributed by atoms with Crippen molar-refractivity contribution in [1.29, 1.82) is 0 Å². The number of rotatable bonds is 3. The van der Waals surface area contributed by atoms with E-state index in [0.717, 1.165) is 3.79 Å². The summed E-state index contributed by atoms with van der Waals surface area (Å²) in [5, 5.41) is 14.6. The van der Waals surface area contributed by atoms with Crippen LogP contribution in [0.15, 0.2) is 28.2 Å². The number of halogens is 2. The number of nitrogens with zero attached hydrogens (tertiary/aromatic N) is 1. The van der Waals surface area contributed by atoms with Gasteiger partial charge in [-0.3, -0.25) is 5.32 Å². The van der Waals surface area contributed by atoms with Gasteiger partial charge in [0.1, 0.15) is 0 Å². The van der Waals surface area contributed by atoms with Gasteiger partial charge in [0.05, 0.1) is 21.2 Å². The number of hydrogen-bond acceptors (Lipinski definition) is 4. The molecule has 0 aliphatic rings. The third kappa shape index (κ3) is 3.69. The van der Waals surface area contributed by atoms with Gasteiger partial charge in [-0.25, -0.2) is 14.6 Å². The number of carbonyl (C=O) groups excluding carboxylic acids is 1. The summed E-state index contributed by atoms with van der Waals surface area (Å²) in [6, 6.07) is 3.59. The van der Waals surface area contributed by atoms with E-state index in [9.17, 15) is 9.59 Å². The van der Waals surface area contributed by atoms with Crippen molar-refractivity contribution in [1.82, 2.24) is 4.98 Å². The summed E-state index contributed by atoms with van der Waals surface area (Å²) < 4.78 is 0.769. The molecule has 0 saturated carbocycles. The summed E-state index contributed by atoms with van der Waals surface area (Å²) in [6.07, 6.45) is 1.55. The van der Waals surface area contributed by atoms with Gasteiger partial charge in [0.15, 0.2) is 5.13 Å². The SMILES string of the molecule is O=C(Nc1ncc(Br)s1)Nc1ccc(Cl)cc1C(=O)O. The number of carboxylic acids is 1. The van der Waals surface area contributed by atoms with Crippen LogP contribution in [0.4, 0.5) is 15.6 Å². The lowest BCUT2D eigenvalue weighted by Gasteiger charge is -2.08. The first kappa shape index (κ1) is 14.8. The Kier molecular flexibility index (Phi) is 4.58. The molecule has 0 unspecified atom stereocenters. The first-order chi connectivity index (χ1) is 9.45. The minimum atomic E-state index is -1.18. The van der Waals surface area contributed by atoms with E-state index in [1.165, 1.54) is 29.5 Å². The zero-order valence-corrected chi connectivity index (χ0v) is 12.8. The lowest BCUT2D eigenvalue weighted by atomic mass is 10.2. The highest BCUT2D eigenvalue weighted by Gasteiger charge is 2.13. The molecule has 6 nitrogen and oxygen atoms in total. The molecule has 1 heterocycles. The third-order valence-electron chi connectivity index (χ3n) is 2.16. The van der Waals surface area contributed by atoms with Crippen LogP contribution < -0.4 is 10.6 Å². The molecule has 9 heteroatoms. The zero-order chi connectivity index (χ0) is 14.7. The van der Waals surface area contributed by atoms with E-state index in [1.54, 1.807) is 6.20 Å². The van der Waals surface area contributed by atoms with Gasteiger partial charge in [-0.15, -0.1) is 0 Å². The second kappa shape index (κ2) is 6.21. The molecule has 2 amide bonds. The molecule has 0 aliphatic heterocycles. The van der Waals surface area contributed by atoms with E-state index in [4.69, 9.17) is 16.7 Å². The molecule has 0 saturated heterocycles. The van der Waals surface area contributed by atoms with Gasteiger partial charge in [0.2, 0.25) is 0 Å². The van der Waals surface area contributed by atoms with Crippen LogP contribution in [0.2, 0.25) is 5.02 Å². The maximum absolute atomic E-state index is 11.8. The summed E-state index contributed by atoms with van der Waals surface area (Å²) in [7, 11) is 0. The zero-order valence-electron chi connectivity index (χ0n) is 9.68. The van der Waals surface area contributed by atoms with Gasteiger partial charge >= 0.3 is 12.0 Å². The lowest BCUT2D eigenvalue weighted by Crippen LogP contribution is -2.20. The Hall–Kier alpha value is -1.64. The van der Waals surface area contributed by atoms with Crippen molar-refractivity contribution in [2.75, 3.05) is 10.6 Å². The van der Waals surface area contributed by atoms with E-state index < -0.39 is 12.0 Å². The number of amides is 2. The molecule has 0 radical (unpaired) electrons. The van der Waals surface area contributed by atoms with Gasteiger partial charge < -0.3 is 10.4 Å². The molecular formula is C11H7BrClN3O3S. The molecule has 104 valence electrons. The van der Waals surface area contributed by atoms with E-state index in [-0.39, 0.29) is 16.3 Å². The van der Waals surface area contributed by atoms with Crippen LogP contribution in [0.5, 0.6) is 0 Å². The number of benzene rings is 1. The summed E-state index contributed by atoms with van der Waals surface area (Å²) in [4.78, 5) is 26.8. The number of hydrogen-bond donors (Lipinski definition) is 3. The second-order valence-corrected chi connectivity index (χ2v) is 6.39. The van der Waals surface area contributed by atoms with Gasteiger partial charge in [-0.1, -0.05) is 22.9 Å². The summed E-state index contributed by atoms with van der Waals surface area (Å²) >= 11 is 10.2. The fraction of sp³-hybridized carbons (Fsp3) is 0. The maximum Gasteiger partial charge on any atom is 0.337 e. The Labute approximate surface area is 130 Å². The van der Waals surface area contributed by atoms with Crippen molar-refractivity contribution in [3.05, 3.63) is 38.8 Å². The number of anilines is 2. The second-order valence-electron chi connectivity index (χ2n) is 3.54. The van der Waals surface area contributed by atoms with Crippen LogP contribution in [-0.2, 0) is 0 Å². The molecule has 0 atom stereocenters. The van der Waals surface area contributed by atoms with Crippen molar-refractivity contribution in [2.45, 2.75) is 0 Å².